The first-order chi connectivity index (χ1) is 6.00. The second-order valence-corrected chi connectivity index (χ2v) is 4.03. The summed E-state index contributed by atoms with van der Waals surface area (Å²) in [6.45, 7) is 0. The van der Waals surface area contributed by atoms with Crippen LogP contribution in [0.2, 0.25) is 0 Å². The van der Waals surface area contributed by atoms with Crippen LogP contribution in [-0.2, 0) is 47.6 Å². The zero-order valence-corrected chi connectivity index (χ0v) is 17.0. The fourth-order valence-corrected chi connectivity index (χ4v) is 0. The molecule has 0 amide bonds. The van der Waals surface area contributed by atoms with Crippen molar-refractivity contribution >= 4 is 101 Å². The molecule has 0 heterocycles. The van der Waals surface area contributed by atoms with Gasteiger partial charge in [0.25, 0.3) is 0 Å². The van der Waals surface area contributed by atoms with E-state index in [4.69, 9.17) is 52.6 Å². The third kappa shape index (κ3) is 3500. The van der Waals surface area contributed by atoms with Crippen LogP contribution in [0.1, 0.15) is 0 Å². The Morgan fingerprint density at radius 1 is 0.364 bits per heavy atom. The third-order valence-electron chi connectivity index (χ3n) is 0. The second kappa shape index (κ2) is 27.5. The molecule has 0 aliphatic carbocycles. The van der Waals surface area contributed by atoms with Crippen LogP contribution in [0.4, 0.5) is 0 Å². The van der Waals surface area contributed by atoms with Gasteiger partial charge in [0.1, 0.15) is 0 Å². The fraction of sp³-hybridized carbons (Fsp3) is 0. The minimum atomic E-state index is -4.67. The molecule has 0 aliphatic rings. The fourth-order valence-electron chi connectivity index (χ4n) is 0. The zero-order valence-electron chi connectivity index (χ0n) is 9.89. The van der Waals surface area contributed by atoms with Crippen LogP contribution < -0.4 is 0 Å². The maximum Gasteiger partial charge on any atom is 3.00 e. The van der Waals surface area contributed by atoms with Gasteiger partial charge in [0.15, 0.2) is 0 Å². The molecule has 22 heteroatoms. The molecular weight excluding hydrogens is 444 g/mol. The van der Waals surface area contributed by atoms with Gasteiger partial charge in [-0.1, -0.05) is 0 Å². The summed E-state index contributed by atoms with van der Waals surface area (Å²) in [7, 11) is -14.0. The molecule has 0 aromatic rings. The summed E-state index contributed by atoms with van der Waals surface area (Å²) in [5.41, 5.74) is 0. The molecule has 15 nitrogen and oxygen atoms in total. The normalized spacial score (nSPS) is 7.91. The molecule has 0 rings (SSSR count). The first-order valence-electron chi connectivity index (χ1n) is 2.10. The van der Waals surface area contributed by atoms with Crippen molar-refractivity contribution in [3.63, 3.8) is 0 Å². The SMILES string of the molecule is O=S(=O)(O)O.O=S(=O)(O)O.O=S(=O)(O)O.[Al+3].[Al+3].[Al+3].[Al+3].[O-2].[O-2].[O-2]. The Balaban J connectivity index is -0.0000000106. The van der Waals surface area contributed by atoms with Crippen LogP contribution in [0.5, 0.6) is 0 Å². The second-order valence-electron chi connectivity index (χ2n) is 1.34. The van der Waals surface area contributed by atoms with Crippen molar-refractivity contribution < 1.29 is 69.0 Å². The minimum Gasteiger partial charge on any atom is -2.00 e. The summed E-state index contributed by atoms with van der Waals surface area (Å²) in [6.07, 6.45) is 0. The van der Waals surface area contributed by atoms with E-state index in [1.807, 2.05) is 0 Å². The average Bonchev–Trinajstić information content (AvgIpc) is 1.41. The standard InChI is InChI=1S/4Al.3H2O4S.3O/c;;;;3*1-5(2,3)4;;;/h;;;;3*(H2,1,2,3,4);;;/q4*+3;;;;3*-2. The number of hydrogen-bond acceptors (Lipinski definition) is 6. The Hall–Kier alpha value is 1.62. The van der Waals surface area contributed by atoms with Crippen molar-refractivity contribution in [2.45, 2.75) is 0 Å². The largest absolute Gasteiger partial charge is 3.00 e. The smallest absolute Gasteiger partial charge is 2.00 e. The molecule has 0 aromatic heterocycles. The van der Waals surface area contributed by atoms with Crippen LogP contribution in [0.15, 0.2) is 0 Å². The van der Waals surface area contributed by atoms with E-state index >= 15 is 0 Å². The van der Waals surface area contributed by atoms with E-state index in [1.165, 1.54) is 0 Å². The molecule has 0 fully saturated rings. The van der Waals surface area contributed by atoms with Crippen LogP contribution in [0.3, 0.4) is 0 Å². The van der Waals surface area contributed by atoms with Gasteiger partial charge in [0.2, 0.25) is 0 Å². The van der Waals surface area contributed by atoms with Gasteiger partial charge in [-0.2, -0.15) is 25.3 Å². The van der Waals surface area contributed by atoms with E-state index in [9.17, 15) is 0 Å². The zero-order chi connectivity index (χ0) is 13.5. The molecule has 0 atom stereocenters. The van der Waals surface area contributed by atoms with E-state index < -0.39 is 31.2 Å². The summed E-state index contributed by atoms with van der Waals surface area (Å²) in [4.78, 5) is 0. The van der Waals surface area contributed by atoms with Crippen molar-refractivity contribution in [3.8, 4) is 0 Å². The summed E-state index contributed by atoms with van der Waals surface area (Å²) in [5, 5.41) is 0. The molecular formula is H6Al4O15S3+6. The molecule has 0 radical (unpaired) electrons. The summed E-state index contributed by atoms with van der Waals surface area (Å²) in [5.74, 6) is 0. The molecule has 0 aliphatic heterocycles. The predicted molar refractivity (Wildman–Crippen MR) is 67.6 cm³/mol. The van der Waals surface area contributed by atoms with Crippen molar-refractivity contribution in [1.29, 1.82) is 0 Å². The molecule has 0 saturated carbocycles. The van der Waals surface area contributed by atoms with Crippen molar-refractivity contribution in [1.82, 2.24) is 0 Å². The Bertz CT molecular complexity index is 348. The summed E-state index contributed by atoms with van der Waals surface area (Å²) < 4.78 is 94.8. The first-order valence-corrected chi connectivity index (χ1v) is 6.29. The Labute approximate surface area is 168 Å². The summed E-state index contributed by atoms with van der Waals surface area (Å²) >= 11 is 0. The topological polar surface area (TPSA) is 309 Å². The predicted octanol–water partition coefficient (Wildman–Crippen LogP) is -3.84. The van der Waals surface area contributed by atoms with Crippen molar-refractivity contribution in [2.75, 3.05) is 0 Å². The van der Waals surface area contributed by atoms with Gasteiger partial charge in [-0.05, 0) is 0 Å². The van der Waals surface area contributed by atoms with E-state index in [0.29, 0.717) is 0 Å². The van der Waals surface area contributed by atoms with Gasteiger partial charge in [0, 0.05) is 0 Å². The minimum absolute atomic E-state index is 0. The van der Waals surface area contributed by atoms with Gasteiger partial charge < -0.3 is 16.4 Å². The van der Waals surface area contributed by atoms with E-state index in [1.54, 1.807) is 0 Å². The van der Waals surface area contributed by atoms with Crippen LogP contribution in [0, 0.1) is 0 Å². The number of rotatable bonds is 0. The average molecular weight is 450 g/mol. The first kappa shape index (κ1) is 65.1. The van der Waals surface area contributed by atoms with Gasteiger partial charge in [-0.3, -0.25) is 27.3 Å². The molecule has 0 spiro atoms. The molecule has 0 bridgehead atoms. The van der Waals surface area contributed by atoms with Crippen LogP contribution in [0.25, 0.3) is 0 Å². The van der Waals surface area contributed by atoms with Crippen LogP contribution in [-0.4, -0.2) is 122 Å². The van der Waals surface area contributed by atoms with Crippen molar-refractivity contribution in [2.24, 2.45) is 0 Å². The van der Waals surface area contributed by atoms with Gasteiger partial charge >= 0.3 is 101 Å². The van der Waals surface area contributed by atoms with Gasteiger partial charge in [0.05, 0.1) is 0 Å². The van der Waals surface area contributed by atoms with E-state index in [-0.39, 0.29) is 85.9 Å². The van der Waals surface area contributed by atoms with Crippen molar-refractivity contribution in [3.05, 3.63) is 0 Å². The van der Waals surface area contributed by atoms with Crippen LogP contribution >= 0.6 is 0 Å². The molecule has 22 heavy (non-hydrogen) atoms. The molecule has 6 N–H and O–H groups in total. The van der Waals surface area contributed by atoms with Gasteiger partial charge in [-0.15, -0.1) is 0 Å². The monoisotopic (exact) mass is 450 g/mol. The van der Waals surface area contributed by atoms with E-state index in [2.05, 4.69) is 0 Å². The van der Waals surface area contributed by atoms with Gasteiger partial charge in [-0.25, -0.2) is 0 Å². The molecule has 120 valence electrons. The molecule has 0 saturated heterocycles. The maximum absolute atomic E-state index is 8.74. The number of hydrogen-bond donors (Lipinski definition) is 6. The Kier molecular flexibility index (Phi) is 81.3. The van der Waals surface area contributed by atoms with E-state index in [0.717, 1.165) is 0 Å². The maximum atomic E-state index is 8.74. The summed E-state index contributed by atoms with van der Waals surface area (Å²) in [6, 6.07) is 0. The molecule has 0 aromatic carbocycles. The molecule has 0 unspecified atom stereocenters. The quantitative estimate of drug-likeness (QED) is 0.153. The Morgan fingerprint density at radius 3 is 0.364 bits per heavy atom. The Morgan fingerprint density at radius 2 is 0.364 bits per heavy atom. The third-order valence-corrected chi connectivity index (χ3v) is 0.